The molecule has 0 radical (unpaired) electrons. The first-order valence-electron chi connectivity index (χ1n) is 7.29. The number of halogens is 2. The smallest absolute Gasteiger partial charge is 1.00 e. The normalized spacial score (nSPS) is 22.3. The molecular formula is C16H22Cl2HfSi. The average molecular weight is 492 g/mol. The quantitative estimate of drug-likeness (QED) is 0.440. The van der Waals surface area contributed by atoms with E-state index in [-0.39, 0.29) is 24.8 Å². The summed E-state index contributed by atoms with van der Waals surface area (Å²) in [7, 11) is -0.932. The van der Waals surface area contributed by atoms with Gasteiger partial charge in [-0.2, -0.15) is 0 Å². The summed E-state index contributed by atoms with van der Waals surface area (Å²) in [4.78, 5) is 0. The maximum Gasteiger partial charge on any atom is -1.00 e. The van der Waals surface area contributed by atoms with Crippen LogP contribution in [0.4, 0.5) is 0 Å². The molecule has 4 heteroatoms. The Balaban J connectivity index is 0.000001000. The largest absolute Gasteiger partial charge is 1.00 e. The second-order valence-electron chi connectivity index (χ2n) is 5.88. The van der Waals surface area contributed by atoms with Crippen molar-refractivity contribution in [3.05, 3.63) is 41.7 Å². The molecular weight excluding hydrogens is 470 g/mol. The van der Waals surface area contributed by atoms with Crippen molar-refractivity contribution in [2.45, 2.75) is 51.2 Å². The van der Waals surface area contributed by atoms with Gasteiger partial charge in [0.2, 0.25) is 0 Å². The minimum Gasteiger partial charge on any atom is -1.00 e. The maximum absolute atomic E-state index is 2.54. The van der Waals surface area contributed by atoms with Crippen LogP contribution in [-0.4, -0.2) is 8.07 Å². The molecule has 1 aliphatic heterocycles. The predicted molar refractivity (Wildman–Crippen MR) is 77.7 cm³/mol. The Hall–Kier alpha value is 0.627. The van der Waals surface area contributed by atoms with Gasteiger partial charge in [-0.05, 0) is 0 Å². The molecule has 0 atom stereocenters. The van der Waals surface area contributed by atoms with Crippen LogP contribution < -0.4 is 24.8 Å². The molecule has 0 unspecified atom stereocenters. The molecule has 20 heavy (non-hydrogen) atoms. The zero-order valence-corrected chi connectivity index (χ0v) is 18.4. The van der Waals surface area contributed by atoms with Crippen molar-refractivity contribution >= 4 is 8.07 Å². The Morgan fingerprint density at radius 3 is 2.45 bits per heavy atom. The molecule has 0 aromatic heterocycles. The van der Waals surface area contributed by atoms with E-state index >= 15 is 0 Å². The second-order valence-corrected chi connectivity index (χ2v) is 15.8. The molecule has 3 aliphatic rings. The topological polar surface area (TPSA) is 0 Å². The van der Waals surface area contributed by atoms with Crippen LogP contribution in [0.25, 0.3) is 0 Å². The maximum atomic E-state index is 2.54. The standard InChI is InChI=1S/C11H17Si.C5H5.2ClH.Hf/c1-3-12(7-4-8-12)11-6-5-10(2)9-11;1-2-4-5-3-1;;;/h5H,3-4,6-8H2,1-2H3;1-3H,4H2;2*1H;/q;;;;+2/p-2. The van der Waals surface area contributed by atoms with E-state index in [9.17, 15) is 0 Å². The third kappa shape index (κ3) is 3.34. The Kier molecular flexibility index (Phi) is 7.24. The summed E-state index contributed by atoms with van der Waals surface area (Å²) in [6.45, 7) is 4.85. The first-order valence-corrected chi connectivity index (χ1v) is 13.5. The van der Waals surface area contributed by atoms with Crippen LogP contribution in [0.1, 0.15) is 33.1 Å². The van der Waals surface area contributed by atoms with Gasteiger partial charge in [-0.3, -0.25) is 0 Å². The molecule has 3 rings (SSSR count). The third-order valence-electron chi connectivity index (χ3n) is 4.99. The molecule has 0 saturated carbocycles. The van der Waals surface area contributed by atoms with E-state index < -0.39 is 31.0 Å². The SMILES string of the molecule is CC[Si]1(C2=[C]([Hf+2][C]3=CC=CC3)C(C)=CC2)CCC1.[Cl-].[Cl-]. The van der Waals surface area contributed by atoms with E-state index in [1.165, 1.54) is 25.3 Å². The van der Waals surface area contributed by atoms with Crippen LogP contribution in [0.3, 0.4) is 0 Å². The third-order valence-corrected chi connectivity index (χ3v) is 17.5. The Labute approximate surface area is 148 Å². The van der Waals surface area contributed by atoms with E-state index in [0.717, 1.165) is 0 Å². The summed E-state index contributed by atoms with van der Waals surface area (Å²) in [6.07, 6.45) is 13.7. The minimum absolute atomic E-state index is 0. The van der Waals surface area contributed by atoms with Crippen molar-refractivity contribution in [3.63, 3.8) is 0 Å². The van der Waals surface area contributed by atoms with Gasteiger partial charge >= 0.3 is 124 Å². The zero-order chi connectivity index (χ0) is 12.6. The van der Waals surface area contributed by atoms with Crippen LogP contribution in [0.5, 0.6) is 0 Å². The first kappa shape index (κ1) is 18.7. The van der Waals surface area contributed by atoms with E-state index in [4.69, 9.17) is 0 Å². The van der Waals surface area contributed by atoms with Gasteiger partial charge in [0.25, 0.3) is 0 Å². The fraction of sp³-hybridized carbons (Fsp3) is 0.500. The van der Waals surface area contributed by atoms with Gasteiger partial charge in [0, 0.05) is 0 Å². The van der Waals surface area contributed by atoms with Gasteiger partial charge in [-0.15, -0.1) is 0 Å². The van der Waals surface area contributed by atoms with Gasteiger partial charge < -0.3 is 24.8 Å². The van der Waals surface area contributed by atoms with Crippen LogP contribution >= 0.6 is 0 Å². The van der Waals surface area contributed by atoms with E-state index in [2.05, 4.69) is 38.2 Å². The summed E-state index contributed by atoms with van der Waals surface area (Å²) in [5, 5.41) is 2.02. The minimum atomic E-state index is -0.932. The van der Waals surface area contributed by atoms with Crippen LogP contribution in [0.2, 0.25) is 18.1 Å². The summed E-state index contributed by atoms with van der Waals surface area (Å²) >= 11 is -0.705. The Bertz CT molecular complexity index is 479. The number of hydrogen-bond acceptors (Lipinski definition) is 0. The monoisotopic (exact) mass is 492 g/mol. The summed E-state index contributed by atoms with van der Waals surface area (Å²) in [5.74, 6) is 0. The first-order chi connectivity index (χ1) is 8.75. The number of hydrogen-bond donors (Lipinski definition) is 0. The van der Waals surface area contributed by atoms with E-state index in [1.807, 2.05) is 11.9 Å². The molecule has 108 valence electrons. The van der Waals surface area contributed by atoms with Crippen molar-refractivity contribution < 1.29 is 47.7 Å². The van der Waals surface area contributed by atoms with Gasteiger partial charge in [-0.1, -0.05) is 0 Å². The predicted octanol–water partition coefficient (Wildman–Crippen LogP) is -1.06. The van der Waals surface area contributed by atoms with E-state index in [1.54, 1.807) is 17.7 Å². The van der Waals surface area contributed by atoms with Gasteiger partial charge in [0.05, 0.1) is 0 Å². The van der Waals surface area contributed by atoms with Gasteiger partial charge in [-0.25, -0.2) is 0 Å². The fourth-order valence-corrected chi connectivity index (χ4v) is 15.7. The van der Waals surface area contributed by atoms with Crippen molar-refractivity contribution in [1.82, 2.24) is 0 Å². The molecule has 0 aromatic rings. The van der Waals surface area contributed by atoms with Gasteiger partial charge in [0.1, 0.15) is 0 Å². The Morgan fingerprint density at radius 1 is 1.20 bits per heavy atom. The van der Waals surface area contributed by atoms with Crippen LogP contribution in [-0.2, 0) is 22.9 Å². The molecule has 0 bridgehead atoms. The second kappa shape index (κ2) is 7.76. The van der Waals surface area contributed by atoms with Crippen molar-refractivity contribution in [3.8, 4) is 0 Å². The summed E-state index contributed by atoms with van der Waals surface area (Å²) < 4.78 is 3.76. The molecule has 0 amide bonds. The van der Waals surface area contributed by atoms with Crippen molar-refractivity contribution in [2.75, 3.05) is 0 Å². The molecule has 1 heterocycles. The molecule has 2 aliphatic carbocycles. The fourth-order valence-electron chi connectivity index (χ4n) is 3.53. The van der Waals surface area contributed by atoms with Crippen molar-refractivity contribution in [2.24, 2.45) is 0 Å². The molecule has 0 aromatic carbocycles. The molecule has 1 fully saturated rings. The summed E-state index contributed by atoms with van der Waals surface area (Å²) in [6, 6.07) is 4.71. The average Bonchev–Trinajstić information content (AvgIpc) is 2.93. The van der Waals surface area contributed by atoms with Crippen LogP contribution in [0.15, 0.2) is 41.7 Å². The molecule has 0 N–H and O–H groups in total. The summed E-state index contributed by atoms with van der Waals surface area (Å²) in [5.41, 5.74) is 1.67. The number of allylic oxidation sites excluding steroid dienone is 8. The molecule has 1 saturated heterocycles. The molecule has 0 nitrogen and oxygen atoms in total. The van der Waals surface area contributed by atoms with E-state index in [0.29, 0.717) is 0 Å². The number of rotatable bonds is 4. The van der Waals surface area contributed by atoms with Crippen LogP contribution in [0, 0.1) is 0 Å². The van der Waals surface area contributed by atoms with Gasteiger partial charge in [0.15, 0.2) is 0 Å². The molecule has 0 spiro atoms. The zero-order valence-electron chi connectivity index (χ0n) is 12.3. The van der Waals surface area contributed by atoms with Crippen molar-refractivity contribution in [1.29, 1.82) is 0 Å². The Morgan fingerprint density at radius 2 is 1.95 bits per heavy atom.